The molecule has 0 aliphatic rings. The zero-order valence-electron chi connectivity index (χ0n) is 13.1. The Morgan fingerprint density at radius 1 is 1.41 bits per heavy atom. The average Bonchev–Trinajstić information content (AvgIpc) is 2.85. The molecule has 0 atom stereocenters. The van der Waals surface area contributed by atoms with Crippen LogP contribution in [0.2, 0.25) is 0 Å². The van der Waals surface area contributed by atoms with Gasteiger partial charge in [0.2, 0.25) is 5.91 Å². The Morgan fingerprint density at radius 3 is 2.91 bits per heavy atom. The van der Waals surface area contributed by atoms with Gasteiger partial charge in [0, 0.05) is 17.1 Å². The number of amides is 1. The van der Waals surface area contributed by atoms with Crippen LogP contribution in [0.15, 0.2) is 29.2 Å². The van der Waals surface area contributed by atoms with E-state index in [1.54, 1.807) is 7.11 Å². The highest BCUT2D eigenvalue weighted by molar-refractivity contribution is 8.00. The first-order valence-electron chi connectivity index (χ1n) is 7.14. The third-order valence-electron chi connectivity index (χ3n) is 3.39. The summed E-state index contributed by atoms with van der Waals surface area (Å²) in [4.78, 5) is 12.9. The number of nitrogens with one attached hydrogen (secondary N) is 2. The lowest BCUT2D eigenvalue weighted by Crippen LogP contribution is -2.27. The van der Waals surface area contributed by atoms with Crippen molar-refractivity contribution in [3.05, 3.63) is 41.2 Å². The van der Waals surface area contributed by atoms with Gasteiger partial charge in [0.05, 0.1) is 18.6 Å². The molecule has 2 rings (SSSR count). The topological polar surface area (TPSA) is 67.0 Å². The summed E-state index contributed by atoms with van der Waals surface area (Å²) in [7, 11) is 1.64. The Morgan fingerprint density at radius 2 is 2.23 bits per heavy atom. The number of ether oxygens (including phenoxy) is 1. The normalized spacial score (nSPS) is 10.5. The van der Waals surface area contributed by atoms with Gasteiger partial charge in [0.25, 0.3) is 0 Å². The molecule has 0 saturated carbocycles. The summed E-state index contributed by atoms with van der Waals surface area (Å²) < 4.78 is 5.17. The van der Waals surface area contributed by atoms with E-state index in [-0.39, 0.29) is 5.91 Å². The van der Waals surface area contributed by atoms with E-state index in [1.807, 2.05) is 38.1 Å². The molecule has 1 amide bonds. The second-order valence-electron chi connectivity index (χ2n) is 4.98. The lowest BCUT2D eigenvalue weighted by Gasteiger charge is -2.06. The van der Waals surface area contributed by atoms with Crippen LogP contribution in [0.4, 0.5) is 0 Å². The number of aromatic amines is 1. The molecule has 0 radical (unpaired) electrons. The number of nitrogens with zero attached hydrogens (tertiary/aromatic N) is 1. The van der Waals surface area contributed by atoms with E-state index in [9.17, 15) is 4.79 Å². The number of methoxy groups -OCH3 is 1. The number of rotatable bonds is 7. The smallest absolute Gasteiger partial charge is 0.230 e. The van der Waals surface area contributed by atoms with Gasteiger partial charge in [0.15, 0.2) is 0 Å². The van der Waals surface area contributed by atoms with Crippen molar-refractivity contribution in [3.8, 4) is 5.75 Å². The highest BCUT2D eigenvalue weighted by Crippen LogP contribution is 2.22. The van der Waals surface area contributed by atoms with Crippen molar-refractivity contribution >= 4 is 17.7 Å². The largest absolute Gasteiger partial charge is 0.497 e. The van der Waals surface area contributed by atoms with Crippen molar-refractivity contribution in [1.29, 1.82) is 0 Å². The quantitative estimate of drug-likeness (QED) is 0.770. The zero-order chi connectivity index (χ0) is 15.9. The van der Waals surface area contributed by atoms with E-state index in [1.165, 1.54) is 17.3 Å². The van der Waals surface area contributed by atoms with Gasteiger partial charge in [-0.3, -0.25) is 9.89 Å². The molecule has 0 aliphatic heterocycles. The number of benzene rings is 1. The number of hydrogen-bond acceptors (Lipinski definition) is 4. The molecule has 0 fully saturated rings. The summed E-state index contributed by atoms with van der Waals surface area (Å²) >= 11 is 1.50. The lowest BCUT2D eigenvalue weighted by atomic mass is 10.1. The Labute approximate surface area is 134 Å². The van der Waals surface area contributed by atoms with Crippen LogP contribution in [-0.2, 0) is 11.2 Å². The average molecular weight is 319 g/mol. The standard InChI is InChI=1S/C16H21N3O2S/c1-11-15(12(2)19-18-11)7-8-17-16(20)10-22-14-6-4-5-13(9-14)21-3/h4-6,9H,7-8,10H2,1-3H3,(H,17,20)(H,18,19). The van der Waals surface area contributed by atoms with E-state index in [2.05, 4.69) is 15.5 Å². The van der Waals surface area contributed by atoms with E-state index in [0.29, 0.717) is 12.3 Å². The van der Waals surface area contributed by atoms with Crippen molar-refractivity contribution in [3.63, 3.8) is 0 Å². The third-order valence-corrected chi connectivity index (χ3v) is 4.38. The van der Waals surface area contributed by atoms with E-state index >= 15 is 0 Å². The van der Waals surface area contributed by atoms with E-state index in [4.69, 9.17) is 4.74 Å². The first-order chi connectivity index (χ1) is 10.6. The molecule has 2 aromatic rings. The van der Waals surface area contributed by atoms with E-state index < -0.39 is 0 Å². The van der Waals surface area contributed by atoms with E-state index in [0.717, 1.165) is 28.5 Å². The number of aryl methyl sites for hydroxylation is 2. The van der Waals surface area contributed by atoms with Crippen molar-refractivity contribution in [2.75, 3.05) is 19.4 Å². The minimum atomic E-state index is 0.0339. The van der Waals surface area contributed by atoms with Gasteiger partial charge in [0.1, 0.15) is 5.75 Å². The van der Waals surface area contributed by atoms with Crippen LogP contribution in [0.1, 0.15) is 17.0 Å². The molecule has 2 N–H and O–H groups in total. The van der Waals surface area contributed by atoms with Crippen molar-refractivity contribution in [1.82, 2.24) is 15.5 Å². The summed E-state index contributed by atoms with van der Waals surface area (Å²) in [5.41, 5.74) is 3.25. The molecule has 118 valence electrons. The Bertz CT molecular complexity index is 621. The van der Waals surface area contributed by atoms with Crippen molar-refractivity contribution in [2.24, 2.45) is 0 Å². The second-order valence-corrected chi connectivity index (χ2v) is 6.03. The fraction of sp³-hybridized carbons (Fsp3) is 0.375. The molecule has 22 heavy (non-hydrogen) atoms. The van der Waals surface area contributed by atoms with Gasteiger partial charge in [-0.2, -0.15) is 5.10 Å². The highest BCUT2D eigenvalue weighted by atomic mass is 32.2. The number of H-pyrrole nitrogens is 1. The van der Waals surface area contributed by atoms with Crippen molar-refractivity contribution < 1.29 is 9.53 Å². The molecule has 1 aromatic heterocycles. The molecule has 0 unspecified atom stereocenters. The van der Waals surface area contributed by atoms with Crippen molar-refractivity contribution in [2.45, 2.75) is 25.2 Å². The SMILES string of the molecule is COc1cccc(SCC(=O)NCCc2c(C)n[nH]c2C)c1. The maximum Gasteiger partial charge on any atom is 0.230 e. The minimum Gasteiger partial charge on any atom is -0.497 e. The highest BCUT2D eigenvalue weighted by Gasteiger charge is 2.07. The first kappa shape index (κ1) is 16.4. The summed E-state index contributed by atoms with van der Waals surface area (Å²) in [5.74, 6) is 1.24. The molecule has 0 spiro atoms. The summed E-state index contributed by atoms with van der Waals surface area (Å²) in [6.45, 7) is 4.59. The molecule has 0 bridgehead atoms. The van der Waals surface area contributed by atoms with Gasteiger partial charge in [-0.25, -0.2) is 0 Å². The Kier molecular flexibility index (Phi) is 5.89. The summed E-state index contributed by atoms with van der Waals surface area (Å²) in [6.07, 6.45) is 0.795. The monoisotopic (exact) mass is 319 g/mol. The predicted molar refractivity (Wildman–Crippen MR) is 88.5 cm³/mol. The number of thioether (sulfide) groups is 1. The second kappa shape index (κ2) is 7.89. The maximum atomic E-state index is 11.9. The van der Waals surface area contributed by atoms with Crippen LogP contribution in [0.25, 0.3) is 0 Å². The molecule has 5 nitrogen and oxygen atoms in total. The Balaban J connectivity index is 1.74. The molecule has 1 heterocycles. The van der Waals surface area contributed by atoms with Crippen LogP contribution in [0.3, 0.4) is 0 Å². The van der Waals surface area contributed by atoms with Gasteiger partial charge in [-0.05, 0) is 44.0 Å². The molecule has 6 heteroatoms. The fourth-order valence-corrected chi connectivity index (χ4v) is 2.93. The summed E-state index contributed by atoms with van der Waals surface area (Å²) in [6, 6.07) is 7.71. The van der Waals surface area contributed by atoms with Crippen LogP contribution < -0.4 is 10.1 Å². The number of carbonyl (C=O) groups is 1. The zero-order valence-corrected chi connectivity index (χ0v) is 13.9. The van der Waals surface area contributed by atoms with Crippen LogP contribution >= 0.6 is 11.8 Å². The maximum absolute atomic E-state index is 11.9. The lowest BCUT2D eigenvalue weighted by molar-refractivity contribution is -0.118. The number of aromatic nitrogens is 2. The van der Waals surface area contributed by atoms with Gasteiger partial charge in [-0.15, -0.1) is 11.8 Å². The molecule has 0 aliphatic carbocycles. The minimum absolute atomic E-state index is 0.0339. The fourth-order valence-electron chi connectivity index (χ4n) is 2.16. The first-order valence-corrected chi connectivity index (χ1v) is 8.12. The molecule has 1 aromatic carbocycles. The summed E-state index contributed by atoms with van der Waals surface area (Å²) in [5, 5.41) is 10.0. The number of hydrogen-bond donors (Lipinski definition) is 2. The van der Waals surface area contributed by atoms with Crippen LogP contribution in [-0.4, -0.2) is 35.5 Å². The van der Waals surface area contributed by atoms with Crippen LogP contribution in [0.5, 0.6) is 5.75 Å². The van der Waals surface area contributed by atoms with Gasteiger partial charge >= 0.3 is 0 Å². The molecule has 0 saturated heterocycles. The third kappa shape index (κ3) is 4.53. The Hall–Kier alpha value is -1.95. The van der Waals surface area contributed by atoms with Crippen LogP contribution in [0, 0.1) is 13.8 Å². The van der Waals surface area contributed by atoms with Gasteiger partial charge < -0.3 is 10.1 Å². The number of carbonyl (C=O) groups excluding carboxylic acids is 1. The molecular weight excluding hydrogens is 298 g/mol. The molecular formula is C16H21N3O2S. The van der Waals surface area contributed by atoms with Gasteiger partial charge in [-0.1, -0.05) is 6.07 Å². The predicted octanol–water partition coefficient (Wildman–Crippen LogP) is 2.49.